The van der Waals surface area contributed by atoms with Crippen LogP contribution in [0.4, 0.5) is 5.69 Å². The molecule has 1 aliphatic rings. The summed E-state index contributed by atoms with van der Waals surface area (Å²) in [7, 11) is -3.65. The van der Waals surface area contributed by atoms with Crippen molar-refractivity contribution in [2.24, 2.45) is 11.8 Å². The van der Waals surface area contributed by atoms with E-state index in [4.69, 9.17) is 0 Å². The van der Waals surface area contributed by atoms with Gasteiger partial charge in [0.05, 0.1) is 5.52 Å². The first-order chi connectivity index (χ1) is 14.9. The van der Waals surface area contributed by atoms with Gasteiger partial charge in [-0.25, -0.2) is 13.1 Å². The van der Waals surface area contributed by atoms with E-state index in [1.54, 1.807) is 24.4 Å². The highest BCUT2D eigenvalue weighted by molar-refractivity contribution is 7.89. The van der Waals surface area contributed by atoms with E-state index in [0.29, 0.717) is 12.1 Å². The number of pyridine rings is 1. The third-order valence-corrected chi connectivity index (χ3v) is 7.44. The molecule has 0 aliphatic heterocycles. The maximum Gasteiger partial charge on any atom is 0.242 e. The third kappa shape index (κ3) is 5.11. The van der Waals surface area contributed by atoms with Gasteiger partial charge in [0, 0.05) is 29.7 Å². The number of anilines is 1. The summed E-state index contributed by atoms with van der Waals surface area (Å²) >= 11 is 0. The Bertz CT molecular complexity index is 1160. The fourth-order valence-corrected chi connectivity index (χ4v) is 5.40. The van der Waals surface area contributed by atoms with E-state index >= 15 is 0 Å². The molecule has 2 aromatic carbocycles. The largest absolute Gasteiger partial charge is 0.326 e. The number of amides is 1. The summed E-state index contributed by atoms with van der Waals surface area (Å²) in [5.41, 5.74) is 2.45. The molecular weight excluding hydrogens is 410 g/mol. The summed E-state index contributed by atoms with van der Waals surface area (Å²) in [6, 6.07) is 16.6. The standard InChI is InChI=1S/C24H27N3O3S/c1-17-7-13-21(14-8-17)27-24(28)20-11-9-18(10-12-20)16-26-31(29,30)22-6-2-4-19-5-3-15-25-23(19)22/h2-8,13-15,18,20,26H,9-12,16H2,1H3,(H,27,28). The van der Waals surface area contributed by atoms with Crippen LogP contribution in [0.25, 0.3) is 10.9 Å². The van der Waals surface area contributed by atoms with Gasteiger partial charge < -0.3 is 5.32 Å². The molecule has 162 valence electrons. The molecule has 6 nitrogen and oxygen atoms in total. The first-order valence-corrected chi connectivity index (χ1v) is 12.1. The molecule has 3 aromatic rings. The van der Waals surface area contributed by atoms with E-state index in [1.165, 1.54) is 0 Å². The molecule has 1 fully saturated rings. The lowest BCUT2D eigenvalue weighted by Crippen LogP contribution is -2.33. The van der Waals surface area contributed by atoms with Crippen LogP contribution in [0.2, 0.25) is 0 Å². The van der Waals surface area contributed by atoms with Crippen molar-refractivity contribution < 1.29 is 13.2 Å². The molecule has 0 bridgehead atoms. The van der Waals surface area contributed by atoms with E-state index in [0.717, 1.165) is 42.3 Å². The molecule has 4 rings (SSSR count). The minimum atomic E-state index is -3.65. The zero-order valence-electron chi connectivity index (χ0n) is 17.5. The lowest BCUT2D eigenvalue weighted by Gasteiger charge is -2.28. The van der Waals surface area contributed by atoms with Crippen LogP contribution in [0.1, 0.15) is 31.2 Å². The monoisotopic (exact) mass is 437 g/mol. The van der Waals surface area contributed by atoms with Gasteiger partial charge in [0.2, 0.25) is 15.9 Å². The zero-order valence-corrected chi connectivity index (χ0v) is 18.4. The van der Waals surface area contributed by atoms with Gasteiger partial charge in [-0.15, -0.1) is 0 Å². The van der Waals surface area contributed by atoms with Crippen molar-refractivity contribution in [3.05, 3.63) is 66.4 Å². The average molecular weight is 438 g/mol. The Morgan fingerprint density at radius 2 is 1.71 bits per heavy atom. The Labute approximate surface area is 183 Å². The Hall–Kier alpha value is -2.77. The molecule has 2 N–H and O–H groups in total. The van der Waals surface area contributed by atoms with Crippen molar-refractivity contribution in [1.29, 1.82) is 0 Å². The lowest BCUT2D eigenvalue weighted by molar-refractivity contribution is -0.121. The number of benzene rings is 2. The first kappa shape index (κ1) is 21.5. The molecular formula is C24H27N3O3S. The number of nitrogens with zero attached hydrogens (tertiary/aromatic N) is 1. The van der Waals surface area contributed by atoms with Crippen molar-refractivity contribution in [1.82, 2.24) is 9.71 Å². The van der Waals surface area contributed by atoms with Gasteiger partial charge in [-0.1, -0.05) is 35.9 Å². The quantitative estimate of drug-likeness (QED) is 0.603. The van der Waals surface area contributed by atoms with Gasteiger partial charge in [0.15, 0.2) is 0 Å². The highest BCUT2D eigenvalue weighted by Crippen LogP contribution is 2.30. The smallest absolute Gasteiger partial charge is 0.242 e. The summed E-state index contributed by atoms with van der Waals surface area (Å²) in [5, 5.41) is 3.79. The second-order valence-corrected chi connectivity index (χ2v) is 9.99. The molecule has 1 aliphatic carbocycles. The topological polar surface area (TPSA) is 88.2 Å². The van der Waals surface area contributed by atoms with Gasteiger partial charge in [0.25, 0.3) is 0 Å². The number of aromatic nitrogens is 1. The Balaban J connectivity index is 1.31. The SMILES string of the molecule is Cc1ccc(NC(=O)C2CCC(CNS(=O)(=O)c3cccc4cccnc34)CC2)cc1. The first-order valence-electron chi connectivity index (χ1n) is 10.6. The Kier molecular flexibility index (Phi) is 6.34. The molecule has 31 heavy (non-hydrogen) atoms. The molecule has 0 unspecified atom stereocenters. The van der Waals surface area contributed by atoms with Crippen molar-refractivity contribution in [3.63, 3.8) is 0 Å². The van der Waals surface area contributed by atoms with Crippen molar-refractivity contribution in [2.45, 2.75) is 37.5 Å². The maximum atomic E-state index is 12.9. The van der Waals surface area contributed by atoms with Gasteiger partial charge in [0.1, 0.15) is 4.90 Å². The summed E-state index contributed by atoms with van der Waals surface area (Å²) in [6.07, 6.45) is 4.77. The number of carbonyl (C=O) groups excluding carboxylic acids is 1. The highest BCUT2D eigenvalue weighted by Gasteiger charge is 2.28. The number of para-hydroxylation sites is 1. The highest BCUT2D eigenvalue weighted by atomic mass is 32.2. The summed E-state index contributed by atoms with van der Waals surface area (Å²) in [4.78, 5) is 17.0. The number of carbonyl (C=O) groups is 1. The van der Waals surface area contributed by atoms with Gasteiger partial charge in [-0.3, -0.25) is 9.78 Å². The van der Waals surface area contributed by atoms with E-state index in [-0.39, 0.29) is 22.6 Å². The van der Waals surface area contributed by atoms with Crippen LogP contribution < -0.4 is 10.0 Å². The van der Waals surface area contributed by atoms with Gasteiger partial charge in [-0.2, -0.15) is 0 Å². The number of sulfonamides is 1. The Morgan fingerprint density at radius 1 is 1.00 bits per heavy atom. The molecule has 7 heteroatoms. The molecule has 1 saturated carbocycles. The predicted molar refractivity (Wildman–Crippen MR) is 122 cm³/mol. The molecule has 1 amide bonds. The average Bonchev–Trinajstić information content (AvgIpc) is 2.79. The van der Waals surface area contributed by atoms with Crippen LogP contribution in [0, 0.1) is 18.8 Å². The molecule has 0 spiro atoms. The number of rotatable bonds is 6. The van der Waals surface area contributed by atoms with Crippen molar-refractivity contribution >= 4 is 32.5 Å². The van der Waals surface area contributed by atoms with Gasteiger partial charge in [-0.05, 0) is 62.8 Å². The Morgan fingerprint density at radius 3 is 2.45 bits per heavy atom. The molecule has 0 radical (unpaired) electrons. The molecule has 1 heterocycles. The second kappa shape index (κ2) is 9.16. The van der Waals surface area contributed by atoms with Gasteiger partial charge >= 0.3 is 0 Å². The van der Waals surface area contributed by atoms with E-state index in [1.807, 2.05) is 43.3 Å². The van der Waals surface area contributed by atoms with E-state index < -0.39 is 10.0 Å². The van der Waals surface area contributed by atoms with Crippen molar-refractivity contribution in [3.8, 4) is 0 Å². The number of hydrogen-bond donors (Lipinski definition) is 2. The minimum Gasteiger partial charge on any atom is -0.326 e. The van der Waals surface area contributed by atoms with Crippen LogP contribution >= 0.6 is 0 Å². The third-order valence-electron chi connectivity index (χ3n) is 5.98. The van der Waals surface area contributed by atoms with Crippen LogP contribution in [-0.4, -0.2) is 25.9 Å². The minimum absolute atomic E-state index is 0.0311. The second-order valence-electron chi connectivity index (χ2n) is 8.26. The summed E-state index contributed by atoms with van der Waals surface area (Å²) in [6.45, 7) is 2.38. The summed E-state index contributed by atoms with van der Waals surface area (Å²) in [5.74, 6) is 0.238. The van der Waals surface area contributed by atoms with E-state index in [9.17, 15) is 13.2 Å². The zero-order chi connectivity index (χ0) is 21.8. The van der Waals surface area contributed by atoms with Crippen molar-refractivity contribution in [2.75, 3.05) is 11.9 Å². The lowest BCUT2D eigenvalue weighted by atomic mass is 9.81. The molecule has 0 saturated heterocycles. The fraction of sp³-hybridized carbons (Fsp3) is 0.333. The van der Waals surface area contributed by atoms with Crippen LogP contribution in [0.5, 0.6) is 0 Å². The number of fused-ring (bicyclic) bond motifs is 1. The molecule has 0 atom stereocenters. The maximum absolute atomic E-state index is 12.9. The number of nitrogens with one attached hydrogen (secondary N) is 2. The van der Waals surface area contributed by atoms with Crippen LogP contribution in [-0.2, 0) is 14.8 Å². The summed E-state index contributed by atoms with van der Waals surface area (Å²) < 4.78 is 28.5. The fourth-order valence-electron chi connectivity index (χ4n) is 4.11. The predicted octanol–water partition coefficient (Wildman–Crippen LogP) is 4.27. The van der Waals surface area contributed by atoms with E-state index in [2.05, 4.69) is 15.0 Å². The number of aryl methyl sites for hydroxylation is 1. The van der Waals surface area contributed by atoms with Crippen LogP contribution in [0.3, 0.4) is 0 Å². The number of hydrogen-bond acceptors (Lipinski definition) is 4. The normalized spacial score (nSPS) is 19.3. The molecule has 1 aromatic heterocycles. The van der Waals surface area contributed by atoms with Crippen LogP contribution in [0.15, 0.2) is 65.7 Å².